The van der Waals surface area contributed by atoms with Crippen LogP contribution in [-0.2, 0) is 9.59 Å². The van der Waals surface area contributed by atoms with E-state index in [0.29, 0.717) is 22.9 Å². The maximum Gasteiger partial charge on any atom is 0.266 e. The summed E-state index contributed by atoms with van der Waals surface area (Å²) in [5.74, 6) is 1.22. The van der Waals surface area contributed by atoms with Gasteiger partial charge in [0.1, 0.15) is 17.2 Å². The quantitative estimate of drug-likeness (QED) is 0.817. The molecule has 2 N–H and O–H groups in total. The first kappa shape index (κ1) is 18.6. The van der Waals surface area contributed by atoms with Crippen LogP contribution in [0, 0.1) is 0 Å². The number of para-hydroxylation sites is 2. The molecule has 2 atom stereocenters. The smallest absolute Gasteiger partial charge is 0.266 e. The van der Waals surface area contributed by atoms with Crippen LogP contribution in [0.1, 0.15) is 24.9 Å². The maximum absolute atomic E-state index is 12.5. The fraction of sp³-hybridized carbons (Fsp3) is 0.300. The lowest BCUT2D eigenvalue weighted by molar-refractivity contribution is -0.130. The summed E-state index contributed by atoms with van der Waals surface area (Å²) in [5.41, 5.74) is 1.39. The second-order valence-corrected chi connectivity index (χ2v) is 6.19. The SMILES string of the molecule is COc1ccc(OC)c([C@@H](C)NC(=O)C[C@H]2Oc3ccccc3NC2=O)c1. The third-order valence-corrected chi connectivity index (χ3v) is 4.36. The molecule has 0 fully saturated rings. The largest absolute Gasteiger partial charge is 0.497 e. The summed E-state index contributed by atoms with van der Waals surface area (Å²) in [6.45, 7) is 1.84. The molecule has 0 radical (unpaired) electrons. The van der Waals surface area contributed by atoms with Gasteiger partial charge in [0.2, 0.25) is 5.91 Å². The van der Waals surface area contributed by atoms with Crippen molar-refractivity contribution in [2.45, 2.75) is 25.5 Å². The highest BCUT2D eigenvalue weighted by Gasteiger charge is 2.30. The van der Waals surface area contributed by atoms with E-state index in [0.717, 1.165) is 5.56 Å². The summed E-state index contributed by atoms with van der Waals surface area (Å²) in [6.07, 6.45) is -0.962. The molecule has 1 heterocycles. The van der Waals surface area contributed by atoms with E-state index < -0.39 is 6.10 Å². The molecular formula is C20H22N2O5. The van der Waals surface area contributed by atoms with Gasteiger partial charge in [0.25, 0.3) is 5.91 Å². The van der Waals surface area contributed by atoms with Crippen LogP contribution in [0.4, 0.5) is 5.69 Å². The van der Waals surface area contributed by atoms with Gasteiger partial charge in [-0.3, -0.25) is 9.59 Å². The first-order chi connectivity index (χ1) is 13.0. The summed E-state index contributed by atoms with van der Waals surface area (Å²) in [4.78, 5) is 24.6. The number of carbonyl (C=O) groups excluding carboxylic acids is 2. The van der Waals surface area contributed by atoms with E-state index in [1.54, 1.807) is 44.6 Å². The predicted molar refractivity (Wildman–Crippen MR) is 100 cm³/mol. The molecule has 0 saturated heterocycles. The summed E-state index contributed by atoms with van der Waals surface area (Å²) in [6, 6.07) is 12.2. The molecule has 0 spiro atoms. The van der Waals surface area contributed by atoms with Crippen LogP contribution in [0.25, 0.3) is 0 Å². The number of hydrogen-bond donors (Lipinski definition) is 2. The van der Waals surface area contributed by atoms with Crippen molar-refractivity contribution in [1.29, 1.82) is 0 Å². The van der Waals surface area contributed by atoms with Crippen molar-refractivity contribution in [3.05, 3.63) is 48.0 Å². The average molecular weight is 370 g/mol. The van der Waals surface area contributed by atoms with Crippen LogP contribution in [-0.4, -0.2) is 32.1 Å². The normalized spacial score (nSPS) is 16.4. The number of amides is 2. The Hall–Kier alpha value is -3.22. The molecule has 7 heteroatoms. The van der Waals surface area contributed by atoms with Crippen LogP contribution >= 0.6 is 0 Å². The van der Waals surface area contributed by atoms with Crippen LogP contribution in [0.2, 0.25) is 0 Å². The van der Waals surface area contributed by atoms with Crippen molar-refractivity contribution < 1.29 is 23.8 Å². The fourth-order valence-corrected chi connectivity index (χ4v) is 2.95. The van der Waals surface area contributed by atoms with Gasteiger partial charge in [-0.15, -0.1) is 0 Å². The molecule has 2 amide bonds. The lowest BCUT2D eigenvalue weighted by Crippen LogP contribution is -2.41. The Kier molecular flexibility index (Phi) is 5.49. The van der Waals surface area contributed by atoms with Gasteiger partial charge in [-0.2, -0.15) is 0 Å². The minimum Gasteiger partial charge on any atom is -0.497 e. The van der Waals surface area contributed by atoms with Gasteiger partial charge < -0.3 is 24.8 Å². The highest BCUT2D eigenvalue weighted by atomic mass is 16.5. The van der Waals surface area contributed by atoms with E-state index in [1.165, 1.54) is 0 Å². The lowest BCUT2D eigenvalue weighted by atomic mass is 10.1. The van der Waals surface area contributed by atoms with Crippen LogP contribution < -0.4 is 24.8 Å². The highest BCUT2D eigenvalue weighted by molar-refractivity contribution is 5.99. The van der Waals surface area contributed by atoms with Crippen molar-refractivity contribution in [3.63, 3.8) is 0 Å². The van der Waals surface area contributed by atoms with E-state index in [9.17, 15) is 9.59 Å². The number of fused-ring (bicyclic) bond motifs is 1. The van der Waals surface area contributed by atoms with Gasteiger partial charge in [0, 0.05) is 5.56 Å². The van der Waals surface area contributed by atoms with E-state index in [2.05, 4.69) is 10.6 Å². The van der Waals surface area contributed by atoms with E-state index >= 15 is 0 Å². The van der Waals surface area contributed by atoms with Crippen LogP contribution in [0.15, 0.2) is 42.5 Å². The minimum absolute atomic E-state index is 0.0865. The molecule has 2 aromatic carbocycles. The Bertz CT molecular complexity index is 852. The van der Waals surface area contributed by atoms with Gasteiger partial charge in [-0.25, -0.2) is 0 Å². The van der Waals surface area contributed by atoms with Crippen molar-refractivity contribution in [1.82, 2.24) is 5.32 Å². The first-order valence-electron chi connectivity index (χ1n) is 8.59. The van der Waals surface area contributed by atoms with Crippen LogP contribution in [0.5, 0.6) is 17.2 Å². The molecular weight excluding hydrogens is 348 g/mol. The van der Waals surface area contributed by atoms with E-state index in [1.807, 2.05) is 19.1 Å². The molecule has 0 aliphatic carbocycles. The molecule has 1 aliphatic rings. The number of ether oxygens (including phenoxy) is 3. The van der Waals surface area contributed by atoms with Gasteiger partial charge >= 0.3 is 0 Å². The second kappa shape index (κ2) is 7.99. The number of carbonyl (C=O) groups is 2. The topological polar surface area (TPSA) is 85.9 Å². The molecule has 0 aromatic heterocycles. The maximum atomic E-state index is 12.5. The number of anilines is 1. The number of rotatable bonds is 6. The lowest BCUT2D eigenvalue weighted by Gasteiger charge is -2.26. The molecule has 0 saturated carbocycles. The molecule has 0 unspecified atom stereocenters. The average Bonchev–Trinajstić information content (AvgIpc) is 2.67. The summed E-state index contributed by atoms with van der Waals surface area (Å²) in [7, 11) is 3.14. The standard InChI is InChI=1S/C20H22N2O5/c1-12(14-10-13(25-2)8-9-16(14)26-3)21-19(23)11-18-20(24)22-15-6-4-5-7-17(15)27-18/h4-10,12,18H,11H2,1-3H3,(H,21,23)(H,22,24)/t12-,18-/m1/s1. The zero-order valence-electron chi connectivity index (χ0n) is 15.4. The van der Waals surface area contributed by atoms with Crippen molar-refractivity contribution in [2.75, 3.05) is 19.5 Å². The van der Waals surface area contributed by atoms with Gasteiger partial charge in [-0.1, -0.05) is 12.1 Å². The first-order valence-corrected chi connectivity index (χ1v) is 8.59. The minimum atomic E-state index is -0.876. The van der Waals surface area contributed by atoms with E-state index in [4.69, 9.17) is 14.2 Å². The predicted octanol–water partition coefficient (Wildman–Crippen LogP) is 2.67. The summed E-state index contributed by atoms with van der Waals surface area (Å²) < 4.78 is 16.3. The summed E-state index contributed by atoms with van der Waals surface area (Å²) in [5, 5.41) is 5.63. The van der Waals surface area contributed by atoms with Crippen molar-refractivity contribution in [2.24, 2.45) is 0 Å². The second-order valence-electron chi connectivity index (χ2n) is 6.19. The van der Waals surface area contributed by atoms with Gasteiger partial charge in [0.15, 0.2) is 6.10 Å². The highest BCUT2D eigenvalue weighted by Crippen LogP contribution is 2.31. The van der Waals surface area contributed by atoms with Crippen LogP contribution in [0.3, 0.4) is 0 Å². The Morgan fingerprint density at radius 3 is 2.74 bits per heavy atom. The van der Waals surface area contributed by atoms with Crippen molar-refractivity contribution >= 4 is 17.5 Å². The third-order valence-electron chi connectivity index (χ3n) is 4.36. The number of hydrogen-bond acceptors (Lipinski definition) is 5. The molecule has 3 rings (SSSR count). The van der Waals surface area contributed by atoms with Gasteiger partial charge in [-0.05, 0) is 37.3 Å². The molecule has 7 nitrogen and oxygen atoms in total. The Balaban J connectivity index is 1.67. The molecule has 0 bridgehead atoms. The van der Waals surface area contributed by atoms with Crippen molar-refractivity contribution in [3.8, 4) is 17.2 Å². The zero-order chi connectivity index (χ0) is 19.4. The van der Waals surface area contributed by atoms with E-state index in [-0.39, 0.29) is 24.3 Å². The number of benzene rings is 2. The monoisotopic (exact) mass is 370 g/mol. The fourth-order valence-electron chi connectivity index (χ4n) is 2.95. The number of methoxy groups -OCH3 is 2. The Morgan fingerprint density at radius 2 is 2.00 bits per heavy atom. The molecule has 27 heavy (non-hydrogen) atoms. The molecule has 1 aliphatic heterocycles. The molecule has 2 aromatic rings. The summed E-state index contributed by atoms with van der Waals surface area (Å²) >= 11 is 0. The Labute approximate surface area is 157 Å². The Morgan fingerprint density at radius 1 is 1.22 bits per heavy atom. The zero-order valence-corrected chi connectivity index (χ0v) is 15.4. The molecule has 142 valence electrons. The number of nitrogens with one attached hydrogen (secondary N) is 2. The third kappa shape index (κ3) is 4.13. The van der Waals surface area contributed by atoms with Gasteiger partial charge in [0.05, 0.1) is 32.4 Å².